The maximum Gasteiger partial charge on any atom is 0.232 e. The molecular formula is C17H19NO2. The van der Waals surface area contributed by atoms with Crippen molar-refractivity contribution in [2.24, 2.45) is 0 Å². The topological polar surface area (TPSA) is 46.2 Å². The fourth-order valence-corrected chi connectivity index (χ4v) is 2.33. The van der Waals surface area contributed by atoms with E-state index >= 15 is 0 Å². The fraction of sp³-hybridized carbons (Fsp3) is 0.294. The van der Waals surface area contributed by atoms with Crippen molar-refractivity contribution in [3.63, 3.8) is 0 Å². The Morgan fingerprint density at radius 3 is 2.60 bits per heavy atom. The van der Waals surface area contributed by atoms with E-state index < -0.39 is 6.04 Å². The Morgan fingerprint density at radius 2 is 2.00 bits per heavy atom. The number of rotatable bonds is 5. The first-order valence-electron chi connectivity index (χ1n) is 6.89. The lowest BCUT2D eigenvalue weighted by molar-refractivity contribution is -0.124. The number of hydrogen-bond acceptors (Lipinski definition) is 2. The van der Waals surface area contributed by atoms with Gasteiger partial charge in [-0.25, -0.2) is 0 Å². The Morgan fingerprint density at radius 1 is 1.25 bits per heavy atom. The van der Waals surface area contributed by atoms with Crippen LogP contribution in [-0.4, -0.2) is 18.2 Å². The van der Waals surface area contributed by atoms with Crippen LogP contribution in [0.1, 0.15) is 31.2 Å². The van der Waals surface area contributed by atoms with Gasteiger partial charge in [-0.2, -0.15) is 0 Å². The monoisotopic (exact) mass is 269 g/mol. The fourth-order valence-electron chi connectivity index (χ4n) is 2.33. The van der Waals surface area contributed by atoms with Crippen LogP contribution in [0.15, 0.2) is 54.1 Å². The van der Waals surface area contributed by atoms with Crippen molar-refractivity contribution in [1.82, 2.24) is 5.32 Å². The highest BCUT2D eigenvalue weighted by Crippen LogP contribution is 2.28. The highest BCUT2D eigenvalue weighted by atomic mass is 16.2. The number of nitrogens with one attached hydrogen (secondary N) is 1. The average molecular weight is 269 g/mol. The normalized spacial score (nSPS) is 16.9. The van der Waals surface area contributed by atoms with Crippen LogP contribution in [0.25, 0.3) is 0 Å². The molecule has 3 heteroatoms. The molecule has 20 heavy (non-hydrogen) atoms. The lowest BCUT2D eigenvalue weighted by Gasteiger charge is -2.21. The third-order valence-corrected chi connectivity index (χ3v) is 3.33. The van der Waals surface area contributed by atoms with E-state index in [1.54, 1.807) is 6.92 Å². The van der Waals surface area contributed by atoms with Gasteiger partial charge in [0.15, 0.2) is 0 Å². The van der Waals surface area contributed by atoms with Gasteiger partial charge in [0.05, 0.1) is 12.0 Å². The highest BCUT2D eigenvalue weighted by Gasteiger charge is 2.24. The van der Waals surface area contributed by atoms with Crippen LogP contribution in [0.2, 0.25) is 0 Å². The molecule has 1 amide bonds. The largest absolute Gasteiger partial charge is 0.346 e. The maximum atomic E-state index is 12.5. The Bertz CT molecular complexity index is 531. The zero-order valence-corrected chi connectivity index (χ0v) is 11.6. The molecule has 0 fully saturated rings. The van der Waals surface area contributed by atoms with Gasteiger partial charge < -0.3 is 10.1 Å². The minimum absolute atomic E-state index is 0.131. The van der Waals surface area contributed by atoms with Gasteiger partial charge in [0.1, 0.15) is 6.29 Å². The van der Waals surface area contributed by atoms with Gasteiger partial charge in [0, 0.05) is 0 Å². The number of amides is 1. The standard InChI is InChI=1S/C17H19NO2/c1-13(12-19)18-17(20)16(14-8-4-2-5-9-14)15-10-6-3-7-11-15/h2,4-6,8-13,16H,3,7H2,1H3,(H,18,20). The van der Waals surface area contributed by atoms with Crippen molar-refractivity contribution in [1.29, 1.82) is 0 Å². The number of hydrogen-bond donors (Lipinski definition) is 1. The zero-order valence-electron chi connectivity index (χ0n) is 11.6. The van der Waals surface area contributed by atoms with Gasteiger partial charge in [-0.3, -0.25) is 4.79 Å². The number of carbonyl (C=O) groups is 2. The average Bonchev–Trinajstić information content (AvgIpc) is 2.49. The second-order valence-corrected chi connectivity index (χ2v) is 4.96. The van der Waals surface area contributed by atoms with Crippen molar-refractivity contribution in [2.75, 3.05) is 0 Å². The van der Waals surface area contributed by atoms with Crippen LogP contribution < -0.4 is 5.32 Å². The van der Waals surface area contributed by atoms with Gasteiger partial charge in [0.25, 0.3) is 0 Å². The highest BCUT2D eigenvalue weighted by molar-refractivity contribution is 5.89. The number of benzene rings is 1. The van der Waals surface area contributed by atoms with Crippen molar-refractivity contribution in [3.8, 4) is 0 Å². The summed E-state index contributed by atoms with van der Waals surface area (Å²) in [4.78, 5) is 23.2. The van der Waals surface area contributed by atoms with Gasteiger partial charge in [0.2, 0.25) is 5.91 Å². The summed E-state index contributed by atoms with van der Waals surface area (Å²) in [7, 11) is 0. The molecule has 3 nitrogen and oxygen atoms in total. The van der Waals surface area contributed by atoms with E-state index in [4.69, 9.17) is 0 Å². The van der Waals surface area contributed by atoms with E-state index in [-0.39, 0.29) is 11.8 Å². The molecule has 104 valence electrons. The molecular weight excluding hydrogens is 250 g/mol. The van der Waals surface area contributed by atoms with Crippen molar-refractivity contribution in [2.45, 2.75) is 31.7 Å². The summed E-state index contributed by atoms with van der Waals surface area (Å²) >= 11 is 0. The maximum absolute atomic E-state index is 12.5. The first-order chi connectivity index (χ1) is 9.72. The van der Waals surface area contributed by atoms with Crippen LogP contribution in [0, 0.1) is 0 Å². The SMILES string of the molecule is CC(C=O)NC(=O)C(C1=CCCC=C1)c1ccccc1. The van der Waals surface area contributed by atoms with Crippen LogP contribution in [0.5, 0.6) is 0 Å². The molecule has 1 aliphatic rings. The minimum Gasteiger partial charge on any atom is -0.346 e. The molecule has 0 bridgehead atoms. The van der Waals surface area contributed by atoms with Crippen LogP contribution >= 0.6 is 0 Å². The van der Waals surface area contributed by atoms with Crippen molar-refractivity contribution in [3.05, 3.63) is 59.7 Å². The molecule has 0 saturated heterocycles. The van der Waals surface area contributed by atoms with E-state index in [1.807, 2.05) is 36.4 Å². The van der Waals surface area contributed by atoms with Crippen LogP contribution in [0.3, 0.4) is 0 Å². The minimum atomic E-state index is -0.470. The van der Waals surface area contributed by atoms with Gasteiger partial charge in [-0.1, -0.05) is 48.6 Å². The molecule has 0 aromatic heterocycles. The molecule has 0 heterocycles. The summed E-state index contributed by atoms with van der Waals surface area (Å²) in [5, 5.41) is 2.74. The zero-order chi connectivity index (χ0) is 14.4. The molecule has 0 saturated carbocycles. The summed E-state index contributed by atoms with van der Waals surface area (Å²) in [6.07, 6.45) is 8.89. The van der Waals surface area contributed by atoms with Crippen LogP contribution in [0.4, 0.5) is 0 Å². The molecule has 1 aromatic carbocycles. The third kappa shape index (κ3) is 3.44. The van der Waals surface area contributed by atoms with Gasteiger partial charge in [-0.05, 0) is 30.9 Å². The Labute approximate surface area is 119 Å². The molecule has 2 unspecified atom stereocenters. The summed E-state index contributed by atoms with van der Waals surface area (Å²) in [5.74, 6) is -0.483. The predicted octanol–water partition coefficient (Wildman–Crippen LogP) is 2.75. The van der Waals surface area contributed by atoms with Crippen molar-refractivity contribution < 1.29 is 9.59 Å². The Hall–Kier alpha value is -2.16. The van der Waals surface area contributed by atoms with E-state index in [1.165, 1.54) is 0 Å². The van der Waals surface area contributed by atoms with E-state index in [2.05, 4.69) is 17.5 Å². The quantitative estimate of drug-likeness (QED) is 0.835. The summed E-state index contributed by atoms with van der Waals surface area (Å²) in [6, 6.07) is 9.19. The molecule has 1 N–H and O–H groups in total. The Balaban J connectivity index is 2.29. The molecule has 0 aliphatic heterocycles. The molecule has 1 aromatic rings. The number of carbonyl (C=O) groups excluding carboxylic acids is 2. The molecule has 2 rings (SSSR count). The van der Waals surface area contributed by atoms with E-state index in [0.29, 0.717) is 0 Å². The molecule has 2 atom stereocenters. The van der Waals surface area contributed by atoms with Gasteiger partial charge in [-0.15, -0.1) is 0 Å². The number of aldehydes is 1. The second-order valence-electron chi connectivity index (χ2n) is 4.96. The lowest BCUT2D eigenvalue weighted by Crippen LogP contribution is -2.37. The smallest absolute Gasteiger partial charge is 0.232 e. The first-order valence-corrected chi connectivity index (χ1v) is 6.89. The summed E-state index contributed by atoms with van der Waals surface area (Å²) < 4.78 is 0. The third-order valence-electron chi connectivity index (χ3n) is 3.33. The first kappa shape index (κ1) is 14.3. The molecule has 1 aliphatic carbocycles. The van der Waals surface area contributed by atoms with Gasteiger partial charge >= 0.3 is 0 Å². The molecule has 0 radical (unpaired) electrons. The predicted molar refractivity (Wildman–Crippen MR) is 79.3 cm³/mol. The summed E-state index contributed by atoms with van der Waals surface area (Å²) in [5.41, 5.74) is 1.94. The van der Waals surface area contributed by atoms with Crippen molar-refractivity contribution >= 4 is 12.2 Å². The molecule has 0 spiro atoms. The Kier molecular flexibility index (Phi) is 4.88. The number of allylic oxidation sites excluding steroid dienone is 3. The van der Waals surface area contributed by atoms with Crippen LogP contribution in [-0.2, 0) is 9.59 Å². The van der Waals surface area contributed by atoms with E-state index in [0.717, 1.165) is 30.3 Å². The van der Waals surface area contributed by atoms with E-state index in [9.17, 15) is 9.59 Å². The lowest BCUT2D eigenvalue weighted by atomic mass is 9.87. The second kappa shape index (κ2) is 6.85. The summed E-state index contributed by atoms with van der Waals surface area (Å²) in [6.45, 7) is 1.68.